The Kier molecular flexibility index (Phi) is 4.82. The highest BCUT2D eigenvalue weighted by Crippen LogP contribution is 2.21. The predicted octanol–water partition coefficient (Wildman–Crippen LogP) is 2.24. The van der Waals surface area contributed by atoms with Gasteiger partial charge in [-0.15, -0.1) is 0 Å². The van der Waals surface area contributed by atoms with Crippen molar-refractivity contribution in [1.82, 2.24) is 4.90 Å². The Bertz CT molecular complexity index is 385. The van der Waals surface area contributed by atoms with Gasteiger partial charge in [-0.2, -0.15) is 0 Å². The summed E-state index contributed by atoms with van der Waals surface area (Å²) >= 11 is 0. The van der Waals surface area contributed by atoms with Crippen molar-refractivity contribution in [3.8, 4) is 5.75 Å². The van der Waals surface area contributed by atoms with Gasteiger partial charge in [-0.05, 0) is 31.0 Å². The zero-order valence-electron chi connectivity index (χ0n) is 10.4. The van der Waals surface area contributed by atoms with E-state index in [1.54, 1.807) is 17.0 Å². The summed E-state index contributed by atoms with van der Waals surface area (Å²) in [6.07, 6.45) is 1.85. The van der Waals surface area contributed by atoms with Crippen molar-refractivity contribution in [3.63, 3.8) is 0 Å². The normalized spacial score (nSPS) is 10.2. The number of phenols is 1. The number of hydrogen-bond donors (Lipinski definition) is 2. The molecule has 0 atom stereocenters. The van der Waals surface area contributed by atoms with Crippen LogP contribution in [0.4, 0.5) is 5.69 Å². The molecule has 4 heteroatoms. The third-order valence-electron chi connectivity index (χ3n) is 2.55. The smallest absolute Gasteiger partial charge is 0.253 e. The van der Waals surface area contributed by atoms with E-state index in [4.69, 9.17) is 5.73 Å². The van der Waals surface area contributed by atoms with E-state index < -0.39 is 0 Å². The van der Waals surface area contributed by atoms with E-state index in [0.717, 1.165) is 25.9 Å². The highest BCUT2D eigenvalue weighted by Gasteiger charge is 2.15. The monoisotopic (exact) mass is 236 g/mol. The topological polar surface area (TPSA) is 66.6 Å². The van der Waals surface area contributed by atoms with E-state index in [-0.39, 0.29) is 11.7 Å². The minimum atomic E-state index is -0.0519. The summed E-state index contributed by atoms with van der Waals surface area (Å²) in [5.74, 6) is -0.0900. The van der Waals surface area contributed by atoms with Crippen LogP contribution in [0, 0.1) is 0 Å². The minimum absolute atomic E-state index is 0.0382. The summed E-state index contributed by atoms with van der Waals surface area (Å²) in [6.45, 7) is 5.54. The molecule has 0 radical (unpaired) electrons. The second kappa shape index (κ2) is 6.13. The molecule has 0 bridgehead atoms. The number of nitrogens with two attached hydrogens (primary N) is 1. The van der Waals surface area contributed by atoms with Gasteiger partial charge in [-0.25, -0.2) is 0 Å². The Labute approximate surface area is 102 Å². The molecule has 0 heterocycles. The highest BCUT2D eigenvalue weighted by atomic mass is 16.3. The van der Waals surface area contributed by atoms with Crippen molar-refractivity contribution < 1.29 is 9.90 Å². The second-order valence-electron chi connectivity index (χ2n) is 4.07. The largest absolute Gasteiger partial charge is 0.506 e. The van der Waals surface area contributed by atoms with Crippen LogP contribution >= 0.6 is 0 Å². The molecule has 0 fully saturated rings. The van der Waals surface area contributed by atoms with Gasteiger partial charge in [0.1, 0.15) is 5.75 Å². The average Bonchev–Trinajstić information content (AvgIpc) is 2.31. The summed E-state index contributed by atoms with van der Waals surface area (Å²) in [4.78, 5) is 14.0. The molecular weight excluding hydrogens is 216 g/mol. The molecule has 1 amide bonds. The summed E-state index contributed by atoms with van der Waals surface area (Å²) in [5, 5.41) is 9.49. The Hall–Kier alpha value is -1.71. The van der Waals surface area contributed by atoms with Gasteiger partial charge in [-0.3, -0.25) is 4.79 Å². The Morgan fingerprint density at radius 3 is 2.35 bits per heavy atom. The lowest BCUT2D eigenvalue weighted by Crippen LogP contribution is -2.32. The maximum Gasteiger partial charge on any atom is 0.253 e. The molecule has 0 aliphatic carbocycles. The summed E-state index contributed by atoms with van der Waals surface area (Å²) in [7, 11) is 0. The molecule has 94 valence electrons. The van der Waals surface area contributed by atoms with Crippen LogP contribution in [0.1, 0.15) is 37.0 Å². The number of nitrogen functional groups attached to an aromatic ring is 1. The van der Waals surface area contributed by atoms with Gasteiger partial charge in [0.15, 0.2) is 0 Å². The lowest BCUT2D eigenvalue weighted by Gasteiger charge is -2.21. The first-order valence-electron chi connectivity index (χ1n) is 5.97. The molecule has 1 rings (SSSR count). The number of benzene rings is 1. The van der Waals surface area contributed by atoms with Gasteiger partial charge in [0.25, 0.3) is 5.91 Å². The molecule has 17 heavy (non-hydrogen) atoms. The Morgan fingerprint density at radius 1 is 1.29 bits per heavy atom. The maximum absolute atomic E-state index is 12.2. The number of rotatable bonds is 5. The molecule has 0 spiro atoms. The number of hydrogen-bond acceptors (Lipinski definition) is 3. The van der Waals surface area contributed by atoms with Gasteiger partial charge in [0.2, 0.25) is 0 Å². The summed E-state index contributed by atoms with van der Waals surface area (Å²) in [5.41, 5.74) is 6.28. The van der Waals surface area contributed by atoms with E-state index in [2.05, 4.69) is 0 Å². The zero-order valence-corrected chi connectivity index (χ0v) is 10.4. The summed E-state index contributed by atoms with van der Waals surface area (Å²) < 4.78 is 0. The molecule has 0 saturated heterocycles. The van der Waals surface area contributed by atoms with Crippen molar-refractivity contribution in [2.24, 2.45) is 0 Å². The van der Waals surface area contributed by atoms with E-state index in [1.807, 2.05) is 13.8 Å². The number of nitrogens with zero attached hydrogens (tertiary/aromatic N) is 1. The predicted molar refractivity (Wildman–Crippen MR) is 69.0 cm³/mol. The van der Waals surface area contributed by atoms with Crippen LogP contribution in [0.5, 0.6) is 5.75 Å². The number of amides is 1. The fourth-order valence-corrected chi connectivity index (χ4v) is 1.71. The van der Waals surface area contributed by atoms with Crippen molar-refractivity contribution >= 4 is 11.6 Å². The molecule has 1 aromatic carbocycles. The van der Waals surface area contributed by atoms with Crippen LogP contribution in [0.15, 0.2) is 18.2 Å². The zero-order chi connectivity index (χ0) is 12.8. The SMILES string of the molecule is CCCN(CCC)C(=O)c1ccc(N)c(O)c1. The number of carbonyl (C=O) groups excluding carboxylic acids is 1. The van der Waals surface area contributed by atoms with E-state index >= 15 is 0 Å². The highest BCUT2D eigenvalue weighted by molar-refractivity contribution is 5.95. The first kappa shape index (κ1) is 13.4. The molecule has 0 aliphatic rings. The molecule has 0 aliphatic heterocycles. The molecular formula is C13H20N2O2. The first-order valence-corrected chi connectivity index (χ1v) is 5.97. The van der Waals surface area contributed by atoms with Crippen LogP contribution in [0.2, 0.25) is 0 Å². The fraction of sp³-hybridized carbons (Fsp3) is 0.462. The molecule has 0 aromatic heterocycles. The second-order valence-corrected chi connectivity index (χ2v) is 4.07. The van der Waals surface area contributed by atoms with Crippen LogP contribution in [-0.2, 0) is 0 Å². The Morgan fingerprint density at radius 2 is 1.88 bits per heavy atom. The number of aromatic hydroxyl groups is 1. The average molecular weight is 236 g/mol. The van der Waals surface area contributed by atoms with Crippen LogP contribution in [0.3, 0.4) is 0 Å². The molecule has 3 N–H and O–H groups in total. The number of phenolic OH excluding ortho intramolecular Hbond substituents is 1. The molecule has 4 nitrogen and oxygen atoms in total. The van der Waals surface area contributed by atoms with E-state index in [9.17, 15) is 9.90 Å². The number of anilines is 1. The van der Waals surface area contributed by atoms with E-state index in [0.29, 0.717) is 11.3 Å². The molecule has 1 aromatic rings. The van der Waals surface area contributed by atoms with Crippen LogP contribution in [-0.4, -0.2) is 29.0 Å². The minimum Gasteiger partial charge on any atom is -0.506 e. The van der Waals surface area contributed by atoms with Crippen molar-refractivity contribution in [2.45, 2.75) is 26.7 Å². The molecule has 0 saturated carbocycles. The van der Waals surface area contributed by atoms with Crippen LogP contribution in [0.25, 0.3) is 0 Å². The van der Waals surface area contributed by atoms with Gasteiger partial charge in [0, 0.05) is 18.7 Å². The standard InChI is InChI=1S/C13H20N2O2/c1-3-7-15(8-4-2)13(17)10-5-6-11(14)12(16)9-10/h5-6,9,16H,3-4,7-8,14H2,1-2H3. The van der Waals surface area contributed by atoms with Crippen molar-refractivity contribution in [1.29, 1.82) is 0 Å². The number of carbonyl (C=O) groups is 1. The van der Waals surface area contributed by atoms with E-state index in [1.165, 1.54) is 6.07 Å². The third-order valence-corrected chi connectivity index (χ3v) is 2.55. The van der Waals surface area contributed by atoms with Crippen molar-refractivity contribution in [3.05, 3.63) is 23.8 Å². The lowest BCUT2D eigenvalue weighted by molar-refractivity contribution is 0.0755. The van der Waals surface area contributed by atoms with Crippen LogP contribution < -0.4 is 5.73 Å². The summed E-state index contributed by atoms with van der Waals surface area (Å²) in [6, 6.07) is 4.63. The van der Waals surface area contributed by atoms with Gasteiger partial charge >= 0.3 is 0 Å². The fourth-order valence-electron chi connectivity index (χ4n) is 1.71. The lowest BCUT2D eigenvalue weighted by atomic mass is 10.1. The van der Waals surface area contributed by atoms with Gasteiger partial charge < -0.3 is 15.7 Å². The van der Waals surface area contributed by atoms with Crippen molar-refractivity contribution in [2.75, 3.05) is 18.8 Å². The first-order chi connectivity index (χ1) is 8.10. The Balaban J connectivity index is 2.88. The maximum atomic E-state index is 12.2. The van der Waals surface area contributed by atoms with Gasteiger partial charge in [-0.1, -0.05) is 13.8 Å². The quantitative estimate of drug-likeness (QED) is 0.608. The third kappa shape index (κ3) is 3.37. The molecule has 0 unspecified atom stereocenters. The van der Waals surface area contributed by atoms with Gasteiger partial charge in [0.05, 0.1) is 5.69 Å².